The third-order valence-electron chi connectivity index (χ3n) is 2.40. The molecule has 1 fully saturated rings. The van der Waals surface area contributed by atoms with Gasteiger partial charge in [0.1, 0.15) is 6.04 Å². The number of nitrogens with one attached hydrogen (secondary N) is 1. The minimum atomic E-state index is -3.86. The van der Waals surface area contributed by atoms with E-state index in [2.05, 4.69) is 0 Å². The molecule has 0 spiro atoms. The van der Waals surface area contributed by atoms with Gasteiger partial charge in [0, 0.05) is 13.1 Å². The summed E-state index contributed by atoms with van der Waals surface area (Å²) in [6.07, 6.45) is 0.922. The minimum absolute atomic E-state index is 0.359. The van der Waals surface area contributed by atoms with Crippen LogP contribution in [-0.4, -0.2) is 48.8 Å². The molecule has 0 aromatic carbocycles. The van der Waals surface area contributed by atoms with E-state index in [1.54, 1.807) is 0 Å². The number of carbonyl (C=O) groups is 2. The van der Waals surface area contributed by atoms with Crippen LogP contribution in [0.1, 0.15) is 19.3 Å². The van der Waals surface area contributed by atoms with Gasteiger partial charge in [-0.15, -0.1) is 0 Å². The number of nitrogens with zero attached hydrogens (tertiary/aromatic N) is 1. The Morgan fingerprint density at radius 1 is 1.35 bits per heavy atom. The van der Waals surface area contributed by atoms with Crippen LogP contribution in [0.2, 0.25) is 0 Å². The summed E-state index contributed by atoms with van der Waals surface area (Å²) in [6.45, 7) is 0.719. The van der Waals surface area contributed by atoms with Crippen molar-refractivity contribution in [2.45, 2.75) is 25.3 Å². The average molecular weight is 265 g/mol. The number of carboxylic acid groups (broad SMARTS) is 1. The van der Waals surface area contributed by atoms with Gasteiger partial charge in [-0.3, -0.25) is 9.59 Å². The molecule has 0 aromatic rings. The molecule has 0 aromatic heterocycles. The summed E-state index contributed by atoms with van der Waals surface area (Å²) >= 11 is 0. The SMILES string of the molecule is NC(=O)C[C@H](NS(=O)(=O)N1CCCC1)C(=O)O. The van der Waals surface area contributed by atoms with Crippen LogP contribution in [0.15, 0.2) is 0 Å². The van der Waals surface area contributed by atoms with Gasteiger partial charge in [0.25, 0.3) is 10.2 Å². The van der Waals surface area contributed by atoms with Crippen molar-refractivity contribution < 1.29 is 23.1 Å². The van der Waals surface area contributed by atoms with Crippen molar-refractivity contribution in [2.24, 2.45) is 5.73 Å². The molecule has 0 bridgehead atoms. The number of primary amides is 1. The van der Waals surface area contributed by atoms with Crippen LogP contribution in [0.3, 0.4) is 0 Å². The van der Waals surface area contributed by atoms with Gasteiger partial charge >= 0.3 is 5.97 Å². The van der Waals surface area contributed by atoms with Gasteiger partial charge in [0.15, 0.2) is 0 Å². The maximum atomic E-state index is 11.7. The molecular weight excluding hydrogens is 250 g/mol. The zero-order valence-corrected chi connectivity index (χ0v) is 9.94. The maximum absolute atomic E-state index is 11.7. The second-order valence-electron chi connectivity index (χ2n) is 3.79. The van der Waals surface area contributed by atoms with E-state index < -0.39 is 34.5 Å². The molecule has 1 atom stereocenters. The monoisotopic (exact) mass is 265 g/mol. The highest BCUT2D eigenvalue weighted by molar-refractivity contribution is 7.87. The van der Waals surface area contributed by atoms with E-state index in [1.165, 1.54) is 0 Å². The number of nitrogens with two attached hydrogens (primary N) is 1. The van der Waals surface area contributed by atoms with Crippen molar-refractivity contribution in [3.8, 4) is 0 Å². The van der Waals surface area contributed by atoms with Crippen LogP contribution >= 0.6 is 0 Å². The lowest BCUT2D eigenvalue weighted by atomic mass is 10.2. The third kappa shape index (κ3) is 3.95. The Bertz CT molecular complexity index is 401. The summed E-state index contributed by atoms with van der Waals surface area (Å²) < 4.78 is 26.6. The van der Waals surface area contributed by atoms with E-state index in [9.17, 15) is 18.0 Å². The lowest BCUT2D eigenvalue weighted by molar-refractivity contribution is -0.140. The number of carboxylic acids is 1. The van der Waals surface area contributed by atoms with Crippen molar-refractivity contribution in [1.29, 1.82) is 0 Å². The molecule has 17 heavy (non-hydrogen) atoms. The topological polar surface area (TPSA) is 130 Å². The van der Waals surface area contributed by atoms with Crippen molar-refractivity contribution >= 4 is 22.1 Å². The van der Waals surface area contributed by atoms with E-state index >= 15 is 0 Å². The first-order chi connectivity index (χ1) is 7.83. The molecule has 1 amide bonds. The molecule has 0 aliphatic carbocycles. The molecule has 8 nitrogen and oxygen atoms in total. The summed E-state index contributed by atoms with van der Waals surface area (Å²) in [7, 11) is -3.86. The standard InChI is InChI=1S/C8H15N3O5S/c9-7(12)5-6(8(13)14)10-17(15,16)11-3-1-2-4-11/h6,10H,1-5H2,(H2,9,12)(H,13,14)/t6-/m0/s1. The average Bonchev–Trinajstić information content (AvgIpc) is 2.68. The second-order valence-corrected chi connectivity index (χ2v) is 5.49. The van der Waals surface area contributed by atoms with E-state index in [0.29, 0.717) is 13.1 Å². The molecule has 4 N–H and O–H groups in total. The van der Waals surface area contributed by atoms with Gasteiger partial charge in [-0.2, -0.15) is 17.4 Å². The van der Waals surface area contributed by atoms with Gasteiger partial charge in [-0.1, -0.05) is 0 Å². The van der Waals surface area contributed by atoms with Gasteiger partial charge in [-0.05, 0) is 12.8 Å². The molecule has 1 aliphatic rings. The van der Waals surface area contributed by atoms with Crippen molar-refractivity contribution in [1.82, 2.24) is 9.03 Å². The predicted octanol–water partition coefficient (Wildman–Crippen LogP) is -1.75. The fourth-order valence-corrected chi connectivity index (χ4v) is 3.00. The fraction of sp³-hybridized carbons (Fsp3) is 0.750. The van der Waals surface area contributed by atoms with Gasteiger partial charge in [0.2, 0.25) is 5.91 Å². The number of hydrogen-bond donors (Lipinski definition) is 3. The molecule has 1 rings (SSSR count). The van der Waals surface area contributed by atoms with E-state index in [0.717, 1.165) is 17.1 Å². The Balaban J connectivity index is 2.71. The quantitative estimate of drug-likeness (QED) is 0.524. The zero-order chi connectivity index (χ0) is 13.1. The van der Waals surface area contributed by atoms with E-state index in [4.69, 9.17) is 10.8 Å². The number of carbonyl (C=O) groups excluding carboxylic acids is 1. The summed E-state index contributed by atoms with van der Waals surface area (Å²) in [5, 5.41) is 8.78. The Morgan fingerprint density at radius 3 is 2.29 bits per heavy atom. The second kappa shape index (κ2) is 5.43. The smallest absolute Gasteiger partial charge is 0.322 e. The van der Waals surface area contributed by atoms with Gasteiger partial charge < -0.3 is 10.8 Å². The number of aliphatic carboxylic acids is 1. The number of amides is 1. The van der Waals surface area contributed by atoms with Gasteiger partial charge in [0.05, 0.1) is 6.42 Å². The van der Waals surface area contributed by atoms with Crippen LogP contribution in [0.5, 0.6) is 0 Å². The fourth-order valence-electron chi connectivity index (χ4n) is 1.56. The molecule has 0 unspecified atom stereocenters. The zero-order valence-electron chi connectivity index (χ0n) is 9.13. The predicted molar refractivity (Wildman–Crippen MR) is 58.1 cm³/mol. The summed E-state index contributed by atoms with van der Waals surface area (Å²) in [5.74, 6) is -2.30. The highest BCUT2D eigenvalue weighted by Gasteiger charge is 2.31. The molecule has 9 heteroatoms. The normalized spacial score (nSPS) is 19.1. The summed E-state index contributed by atoms with van der Waals surface area (Å²) in [6, 6.07) is -1.52. The Kier molecular flexibility index (Phi) is 4.43. The molecule has 0 saturated carbocycles. The van der Waals surface area contributed by atoms with Crippen LogP contribution in [0, 0.1) is 0 Å². The highest BCUT2D eigenvalue weighted by atomic mass is 32.2. The van der Waals surface area contributed by atoms with Crippen LogP contribution in [-0.2, 0) is 19.8 Å². The molecule has 0 radical (unpaired) electrons. The van der Waals surface area contributed by atoms with Crippen LogP contribution in [0.4, 0.5) is 0 Å². The first-order valence-corrected chi connectivity index (χ1v) is 6.55. The third-order valence-corrected chi connectivity index (χ3v) is 4.03. The van der Waals surface area contributed by atoms with Crippen molar-refractivity contribution in [3.63, 3.8) is 0 Å². The van der Waals surface area contributed by atoms with Crippen molar-refractivity contribution in [3.05, 3.63) is 0 Å². The lowest BCUT2D eigenvalue weighted by Gasteiger charge is -2.19. The Labute approximate surface area is 99.0 Å². The largest absolute Gasteiger partial charge is 0.480 e. The van der Waals surface area contributed by atoms with Crippen LogP contribution < -0.4 is 10.5 Å². The van der Waals surface area contributed by atoms with Gasteiger partial charge in [-0.25, -0.2) is 0 Å². The molecule has 1 aliphatic heterocycles. The van der Waals surface area contributed by atoms with E-state index in [1.807, 2.05) is 4.72 Å². The van der Waals surface area contributed by atoms with Crippen molar-refractivity contribution in [2.75, 3.05) is 13.1 Å². The lowest BCUT2D eigenvalue weighted by Crippen LogP contribution is -2.48. The molecule has 98 valence electrons. The number of rotatable bonds is 6. The number of hydrogen-bond acceptors (Lipinski definition) is 4. The summed E-state index contributed by atoms with van der Waals surface area (Å²) in [5.41, 5.74) is 4.85. The molecule has 1 heterocycles. The first-order valence-electron chi connectivity index (χ1n) is 5.11. The van der Waals surface area contributed by atoms with Crippen LogP contribution in [0.25, 0.3) is 0 Å². The minimum Gasteiger partial charge on any atom is -0.480 e. The van der Waals surface area contributed by atoms with E-state index in [-0.39, 0.29) is 0 Å². The molecule has 1 saturated heterocycles. The Morgan fingerprint density at radius 2 is 1.88 bits per heavy atom. The maximum Gasteiger partial charge on any atom is 0.322 e. The Hall–Kier alpha value is -1.19. The summed E-state index contributed by atoms with van der Waals surface area (Å²) in [4.78, 5) is 21.4. The highest BCUT2D eigenvalue weighted by Crippen LogP contribution is 2.12. The first kappa shape index (κ1) is 13.9. The molecular formula is C8H15N3O5S.